The fourth-order valence-corrected chi connectivity index (χ4v) is 3.99. The van der Waals surface area contributed by atoms with Crippen LogP contribution in [0.3, 0.4) is 0 Å². The minimum Gasteiger partial charge on any atom is -0.497 e. The second-order valence-electron chi connectivity index (χ2n) is 6.53. The summed E-state index contributed by atoms with van der Waals surface area (Å²) in [5.41, 5.74) is 1.64. The fourth-order valence-electron chi connectivity index (χ4n) is 3.26. The Labute approximate surface area is 180 Å². The number of halogens is 1. The van der Waals surface area contributed by atoms with Gasteiger partial charge in [-0.25, -0.2) is 19.4 Å². The van der Waals surface area contributed by atoms with E-state index in [1.54, 1.807) is 18.9 Å². The Morgan fingerprint density at radius 2 is 2.10 bits per heavy atom. The van der Waals surface area contributed by atoms with Crippen LogP contribution in [0.25, 0.3) is 11.0 Å². The molecular weight excluding hydrogens is 491 g/mol. The van der Waals surface area contributed by atoms with Crippen molar-refractivity contribution in [3.8, 4) is 11.5 Å². The molecule has 1 amide bonds. The number of ether oxygens (including phenoxy) is 2. The summed E-state index contributed by atoms with van der Waals surface area (Å²) in [5.74, 6) is 2.11. The van der Waals surface area contributed by atoms with Gasteiger partial charge in [-0.05, 0) is 34.7 Å². The molecule has 0 aliphatic carbocycles. The predicted octanol–water partition coefficient (Wildman–Crippen LogP) is 2.59. The number of aromatic nitrogens is 4. The average molecular weight is 510 g/mol. The van der Waals surface area contributed by atoms with E-state index in [9.17, 15) is 4.79 Å². The van der Waals surface area contributed by atoms with Gasteiger partial charge < -0.3 is 24.8 Å². The SMILES string of the molecule is COc1ccc(CNc2ncnc3c2c(I)nn3C2CN(C(=O)O)C2)c(OC)c1. The van der Waals surface area contributed by atoms with Gasteiger partial charge in [-0.1, -0.05) is 0 Å². The van der Waals surface area contributed by atoms with Crippen LogP contribution in [0, 0.1) is 3.70 Å². The van der Waals surface area contributed by atoms with E-state index in [1.807, 2.05) is 18.2 Å². The van der Waals surface area contributed by atoms with E-state index in [-0.39, 0.29) is 6.04 Å². The second-order valence-corrected chi connectivity index (χ2v) is 7.55. The first-order chi connectivity index (χ1) is 14.0. The average Bonchev–Trinajstić information content (AvgIpc) is 3.01. The molecule has 2 N–H and O–H groups in total. The van der Waals surface area contributed by atoms with Crippen molar-refractivity contribution in [3.05, 3.63) is 33.8 Å². The highest BCUT2D eigenvalue weighted by Gasteiger charge is 2.34. The van der Waals surface area contributed by atoms with Crippen LogP contribution in [-0.2, 0) is 6.54 Å². The van der Waals surface area contributed by atoms with Gasteiger partial charge in [0.2, 0.25) is 0 Å². The standard InChI is InChI=1S/C18H19IN6O4/c1-28-12-4-3-10(13(5-12)29-2)6-20-16-14-15(19)23-25(17(14)22-9-21-16)11-7-24(8-11)18(26)27/h3-5,9,11H,6-8H2,1-2H3,(H,26,27)(H,20,21,22). The Morgan fingerprint density at radius 3 is 2.79 bits per heavy atom. The largest absolute Gasteiger partial charge is 0.497 e. The summed E-state index contributed by atoms with van der Waals surface area (Å²) in [6.45, 7) is 1.30. The van der Waals surface area contributed by atoms with Crippen LogP contribution in [0.15, 0.2) is 24.5 Å². The molecule has 11 heteroatoms. The highest BCUT2D eigenvalue weighted by molar-refractivity contribution is 14.1. The van der Waals surface area contributed by atoms with Crippen LogP contribution in [-0.4, -0.2) is 63.2 Å². The van der Waals surface area contributed by atoms with Crippen LogP contribution in [0.1, 0.15) is 11.6 Å². The Hall–Kier alpha value is -2.83. The summed E-state index contributed by atoms with van der Waals surface area (Å²) in [7, 11) is 3.23. The molecule has 3 aromatic rings. The fraction of sp³-hybridized carbons (Fsp3) is 0.333. The molecule has 0 unspecified atom stereocenters. The summed E-state index contributed by atoms with van der Waals surface area (Å²) in [5, 5.41) is 17.8. The zero-order valence-electron chi connectivity index (χ0n) is 15.8. The van der Waals surface area contributed by atoms with Crippen LogP contribution in [0.2, 0.25) is 0 Å². The van der Waals surface area contributed by atoms with Crippen LogP contribution in [0.5, 0.6) is 11.5 Å². The van der Waals surface area contributed by atoms with Crippen molar-refractivity contribution in [1.82, 2.24) is 24.6 Å². The summed E-state index contributed by atoms with van der Waals surface area (Å²) < 4.78 is 13.2. The lowest BCUT2D eigenvalue weighted by molar-refractivity contribution is 0.0825. The zero-order valence-corrected chi connectivity index (χ0v) is 18.0. The number of fused-ring (bicyclic) bond motifs is 1. The van der Waals surface area contributed by atoms with Crippen molar-refractivity contribution in [2.75, 3.05) is 32.6 Å². The number of likely N-dealkylation sites (tertiary alicyclic amines) is 1. The highest BCUT2D eigenvalue weighted by Crippen LogP contribution is 2.31. The molecule has 0 atom stereocenters. The lowest BCUT2D eigenvalue weighted by atomic mass is 10.1. The second kappa shape index (κ2) is 7.89. The van der Waals surface area contributed by atoms with Crippen molar-refractivity contribution < 1.29 is 19.4 Å². The van der Waals surface area contributed by atoms with E-state index in [0.717, 1.165) is 26.1 Å². The number of amides is 1. The number of anilines is 1. The molecule has 0 saturated carbocycles. The number of carbonyl (C=O) groups is 1. The van der Waals surface area contributed by atoms with Crippen molar-refractivity contribution in [2.24, 2.45) is 0 Å². The number of hydrogen-bond acceptors (Lipinski definition) is 7. The molecule has 1 saturated heterocycles. The minimum atomic E-state index is -0.919. The van der Waals surface area contributed by atoms with Gasteiger partial charge in [0.05, 0.1) is 25.6 Å². The topological polar surface area (TPSA) is 115 Å². The molecule has 1 aliphatic heterocycles. The van der Waals surface area contributed by atoms with E-state index in [1.165, 1.54) is 11.2 Å². The van der Waals surface area contributed by atoms with Crippen LogP contribution < -0.4 is 14.8 Å². The van der Waals surface area contributed by atoms with Crippen molar-refractivity contribution in [1.29, 1.82) is 0 Å². The van der Waals surface area contributed by atoms with Crippen molar-refractivity contribution in [2.45, 2.75) is 12.6 Å². The maximum Gasteiger partial charge on any atom is 0.407 e. The number of benzene rings is 1. The van der Waals surface area contributed by atoms with Gasteiger partial charge in [0.25, 0.3) is 0 Å². The van der Waals surface area contributed by atoms with E-state index < -0.39 is 6.09 Å². The van der Waals surface area contributed by atoms with E-state index in [4.69, 9.17) is 14.6 Å². The number of methoxy groups -OCH3 is 2. The molecule has 2 aromatic heterocycles. The first-order valence-electron chi connectivity index (χ1n) is 8.83. The molecule has 0 spiro atoms. The smallest absolute Gasteiger partial charge is 0.407 e. The molecule has 1 aliphatic rings. The van der Waals surface area contributed by atoms with Gasteiger partial charge in [0.1, 0.15) is 27.3 Å². The van der Waals surface area contributed by atoms with Gasteiger partial charge in [-0.15, -0.1) is 0 Å². The Kier molecular flexibility index (Phi) is 5.30. The number of hydrogen-bond donors (Lipinski definition) is 2. The Balaban J connectivity index is 1.58. The first kappa shape index (κ1) is 19.5. The summed E-state index contributed by atoms with van der Waals surface area (Å²) in [4.78, 5) is 21.1. The summed E-state index contributed by atoms with van der Waals surface area (Å²) in [6, 6.07) is 5.62. The van der Waals surface area contributed by atoms with Gasteiger partial charge in [0, 0.05) is 31.3 Å². The minimum absolute atomic E-state index is 0.0263. The predicted molar refractivity (Wildman–Crippen MR) is 114 cm³/mol. The maximum absolute atomic E-state index is 11.0. The molecule has 29 heavy (non-hydrogen) atoms. The molecule has 152 valence electrons. The normalized spacial score (nSPS) is 14.0. The van der Waals surface area contributed by atoms with Gasteiger partial charge >= 0.3 is 6.09 Å². The third-order valence-corrected chi connectivity index (χ3v) is 5.62. The van der Waals surface area contributed by atoms with Crippen LogP contribution in [0.4, 0.5) is 10.6 Å². The van der Waals surface area contributed by atoms with Gasteiger partial charge in [-0.2, -0.15) is 5.10 Å². The third-order valence-electron chi connectivity index (χ3n) is 4.87. The third kappa shape index (κ3) is 3.61. The Morgan fingerprint density at radius 1 is 1.31 bits per heavy atom. The van der Waals surface area contributed by atoms with E-state index in [0.29, 0.717) is 31.1 Å². The van der Waals surface area contributed by atoms with E-state index in [2.05, 4.69) is 43.0 Å². The maximum atomic E-state index is 11.0. The molecule has 1 aromatic carbocycles. The number of nitrogens with zero attached hydrogens (tertiary/aromatic N) is 5. The quantitative estimate of drug-likeness (QED) is 0.487. The molecule has 10 nitrogen and oxygen atoms in total. The zero-order chi connectivity index (χ0) is 20.5. The number of nitrogens with one attached hydrogen (secondary N) is 1. The Bertz CT molecular complexity index is 1070. The van der Waals surface area contributed by atoms with Crippen molar-refractivity contribution in [3.63, 3.8) is 0 Å². The lowest BCUT2D eigenvalue weighted by Gasteiger charge is -2.36. The monoisotopic (exact) mass is 510 g/mol. The number of carboxylic acid groups (broad SMARTS) is 1. The van der Waals surface area contributed by atoms with E-state index >= 15 is 0 Å². The molecule has 0 radical (unpaired) electrons. The number of rotatable bonds is 6. The van der Waals surface area contributed by atoms with Crippen molar-refractivity contribution >= 4 is 45.5 Å². The highest BCUT2D eigenvalue weighted by atomic mass is 127. The first-order valence-corrected chi connectivity index (χ1v) is 9.91. The summed E-state index contributed by atoms with van der Waals surface area (Å²) >= 11 is 2.15. The molecule has 0 bridgehead atoms. The molecular formula is C18H19IN6O4. The summed E-state index contributed by atoms with van der Waals surface area (Å²) in [6.07, 6.45) is 0.565. The lowest BCUT2D eigenvalue weighted by Crippen LogP contribution is -2.50. The van der Waals surface area contributed by atoms with Gasteiger partial charge in [-0.3, -0.25) is 0 Å². The molecule has 4 rings (SSSR count). The van der Waals surface area contributed by atoms with Crippen LogP contribution >= 0.6 is 22.6 Å². The molecule has 3 heterocycles. The van der Waals surface area contributed by atoms with Gasteiger partial charge in [0.15, 0.2) is 5.65 Å². The molecule has 1 fully saturated rings.